The molecule has 0 aliphatic rings. The van der Waals surface area contributed by atoms with Gasteiger partial charge in [-0.1, -0.05) is 11.6 Å². The maximum absolute atomic E-state index is 12.1. The van der Waals surface area contributed by atoms with Crippen molar-refractivity contribution < 1.29 is 19.1 Å². The van der Waals surface area contributed by atoms with E-state index in [1.54, 1.807) is 0 Å². The molecule has 8 heteroatoms. The van der Waals surface area contributed by atoms with E-state index in [0.29, 0.717) is 11.3 Å². The largest absolute Gasteiger partial charge is 0.449 e. The van der Waals surface area contributed by atoms with Crippen LogP contribution in [0.1, 0.15) is 27.6 Å². The number of carbonyl (C=O) groups excluding carboxylic acids is 3. The lowest BCUT2D eigenvalue weighted by Gasteiger charge is -2.14. The van der Waals surface area contributed by atoms with Crippen LogP contribution >= 0.6 is 11.6 Å². The minimum absolute atomic E-state index is 0.00264. The molecule has 3 N–H and O–H groups in total. The second-order valence-corrected chi connectivity index (χ2v) is 5.18. The summed E-state index contributed by atoms with van der Waals surface area (Å²) in [6, 6.07) is 8.97. The van der Waals surface area contributed by atoms with Crippen molar-refractivity contribution in [2.45, 2.75) is 13.0 Å². The molecule has 2 amide bonds. The first-order valence-electron chi connectivity index (χ1n) is 6.90. The van der Waals surface area contributed by atoms with Crippen molar-refractivity contribution in [2.75, 3.05) is 5.32 Å². The molecule has 1 atom stereocenters. The van der Waals surface area contributed by atoms with E-state index in [-0.39, 0.29) is 10.7 Å². The Morgan fingerprint density at radius 3 is 2.46 bits per heavy atom. The van der Waals surface area contributed by atoms with E-state index in [9.17, 15) is 14.4 Å². The molecule has 0 unspecified atom stereocenters. The number of amides is 2. The van der Waals surface area contributed by atoms with Gasteiger partial charge in [0.25, 0.3) is 5.91 Å². The highest BCUT2D eigenvalue weighted by Crippen LogP contribution is 2.15. The van der Waals surface area contributed by atoms with E-state index >= 15 is 0 Å². The Morgan fingerprint density at radius 1 is 1.21 bits per heavy atom. The van der Waals surface area contributed by atoms with E-state index < -0.39 is 23.9 Å². The van der Waals surface area contributed by atoms with E-state index in [4.69, 9.17) is 22.1 Å². The predicted molar refractivity (Wildman–Crippen MR) is 87.7 cm³/mol. The molecular formula is C16H14ClN3O4. The highest BCUT2D eigenvalue weighted by molar-refractivity contribution is 6.32. The fraction of sp³-hybridized carbons (Fsp3) is 0.125. The first kappa shape index (κ1) is 17.4. The number of hydrogen-bond acceptors (Lipinski definition) is 5. The van der Waals surface area contributed by atoms with Crippen LogP contribution in [-0.2, 0) is 9.53 Å². The molecule has 0 radical (unpaired) electrons. The number of ether oxygens (including phenoxy) is 1. The molecule has 7 nitrogen and oxygen atoms in total. The van der Waals surface area contributed by atoms with Crippen molar-refractivity contribution in [1.82, 2.24) is 4.98 Å². The monoisotopic (exact) mass is 347 g/mol. The van der Waals surface area contributed by atoms with Gasteiger partial charge in [-0.25, -0.2) is 9.78 Å². The minimum atomic E-state index is -1.05. The van der Waals surface area contributed by atoms with Crippen molar-refractivity contribution in [3.8, 4) is 0 Å². The Bertz CT molecular complexity index is 777. The Hall–Kier alpha value is -2.93. The van der Waals surface area contributed by atoms with Crippen molar-refractivity contribution >= 4 is 35.1 Å². The molecule has 0 spiro atoms. The van der Waals surface area contributed by atoms with Gasteiger partial charge < -0.3 is 15.8 Å². The molecule has 1 aromatic carbocycles. The Labute approximate surface area is 142 Å². The van der Waals surface area contributed by atoms with Gasteiger partial charge in [0, 0.05) is 17.4 Å². The summed E-state index contributed by atoms with van der Waals surface area (Å²) in [6.45, 7) is 1.43. The number of esters is 1. The summed E-state index contributed by atoms with van der Waals surface area (Å²) in [6.07, 6.45) is 0.384. The first-order chi connectivity index (χ1) is 11.4. The lowest BCUT2D eigenvalue weighted by Crippen LogP contribution is -2.30. The molecule has 0 saturated carbocycles. The molecular weight excluding hydrogens is 334 g/mol. The average Bonchev–Trinajstić information content (AvgIpc) is 2.55. The number of primary amides is 1. The van der Waals surface area contributed by atoms with Crippen LogP contribution in [0.25, 0.3) is 0 Å². The normalized spacial score (nSPS) is 11.4. The molecule has 2 rings (SSSR count). The summed E-state index contributed by atoms with van der Waals surface area (Å²) >= 11 is 5.80. The number of rotatable bonds is 5. The van der Waals surface area contributed by atoms with E-state index in [1.165, 1.54) is 49.5 Å². The second kappa shape index (κ2) is 7.56. The van der Waals surface area contributed by atoms with Crippen LogP contribution in [0, 0.1) is 0 Å². The zero-order chi connectivity index (χ0) is 17.7. The van der Waals surface area contributed by atoms with Crippen molar-refractivity contribution in [3.05, 3.63) is 58.9 Å². The lowest BCUT2D eigenvalue weighted by molar-refractivity contribution is -0.123. The third kappa shape index (κ3) is 4.30. The third-order valence-electron chi connectivity index (χ3n) is 3.07. The van der Waals surface area contributed by atoms with E-state index in [2.05, 4.69) is 10.3 Å². The lowest BCUT2D eigenvalue weighted by atomic mass is 10.2. The average molecular weight is 348 g/mol. The van der Waals surface area contributed by atoms with Gasteiger partial charge in [0.2, 0.25) is 5.91 Å². The third-order valence-corrected chi connectivity index (χ3v) is 3.37. The van der Waals surface area contributed by atoms with Crippen molar-refractivity contribution in [3.63, 3.8) is 0 Å². The maximum Gasteiger partial charge on any atom is 0.342 e. The maximum atomic E-state index is 12.1. The Balaban J connectivity index is 1.98. The molecule has 124 valence electrons. The van der Waals surface area contributed by atoms with Crippen LogP contribution in [0.2, 0.25) is 5.15 Å². The minimum Gasteiger partial charge on any atom is -0.449 e. The highest BCUT2D eigenvalue weighted by atomic mass is 35.5. The molecule has 0 bridgehead atoms. The number of nitrogens with two attached hydrogens (primary N) is 1. The Morgan fingerprint density at radius 2 is 1.88 bits per heavy atom. The standard InChI is InChI=1S/C16H14ClN3O4/c1-9(24-16(23)12-3-2-8-19-13(12)17)15(22)20-11-6-4-10(5-7-11)14(18)21/h2-9H,1H3,(H2,18,21)(H,20,22)/t9-/m1/s1. The van der Waals surface area contributed by atoms with Crippen molar-refractivity contribution in [2.24, 2.45) is 5.73 Å². The van der Waals surface area contributed by atoms with Crippen LogP contribution in [0.5, 0.6) is 0 Å². The summed E-state index contributed by atoms with van der Waals surface area (Å²) in [7, 11) is 0. The number of nitrogens with zero attached hydrogens (tertiary/aromatic N) is 1. The molecule has 24 heavy (non-hydrogen) atoms. The second-order valence-electron chi connectivity index (χ2n) is 4.82. The summed E-state index contributed by atoms with van der Waals surface area (Å²) < 4.78 is 5.06. The van der Waals surface area contributed by atoms with Crippen molar-refractivity contribution in [1.29, 1.82) is 0 Å². The van der Waals surface area contributed by atoms with Gasteiger partial charge in [-0.15, -0.1) is 0 Å². The van der Waals surface area contributed by atoms with Gasteiger partial charge in [-0.05, 0) is 43.3 Å². The molecule has 0 saturated heterocycles. The fourth-order valence-corrected chi connectivity index (χ4v) is 1.97. The topological polar surface area (TPSA) is 111 Å². The summed E-state index contributed by atoms with van der Waals surface area (Å²) in [4.78, 5) is 38.8. The van der Waals surface area contributed by atoms with Crippen LogP contribution in [0.3, 0.4) is 0 Å². The predicted octanol–water partition coefficient (Wildman–Crippen LogP) is 2.02. The number of anilines is 1. The van der Waals surface area contributed by atoms with Gasteiger partial charge in [0.15, 0.2) is 6.10 Å². The molecule has 0 aliphatic heterocycles. The smallest absolute Gasteiger partial charge is 0.342 e. The highest BCUT2D eigenvalue weighted by Gasteiger charge is 2.21. The van der Waals surface area contributed by atoms with Crippen LogP contribution in [-0.4, -0.2) is 28.9 Å². The number of halogens is 1. The number of hydrogen-bond donors (Lipinski definition) is 2. The van der Waals surface area contributed by atoms with E-state index in [1.807, 2.05) is 0 Å². The van der Waals surface area contributed by atoms with Crippen LogP contribution in [0.15, 0.2) is 42.6 Å². The van der Waals surface area contributed by atoms with Gasteiger partial charge in [0.1, 0.15) is 5.15 Å². The summed E-state index contributed by atoms with van der Waals surface area (Å²) in [5.41, 5.74) is 5.97. The number of pyridine rings is 1. The van der Waals surface area contributed by atoms with Gasteiger partial charge >= 0.3 is 5.97 Å². The number of nitrogens with one attached hydrogen (secondary N) is 1. The summed E-state index contributed by atoms with van der Waals surface area (Å²) in [5, 5.41) is 2.56. The molecule has 0 fully saturated rings. The summed E-state index contributed by atoms with van der Waals surface area (Å²) in [5.74, 6) is -1.85. The zero-order valence-corrected chi connectivity index (χ0v) is 13.4. The quantitative estimate of drug-likeness (QED) is 0.634. The number of aromatic nitrogens is 1. The number of benzene rings is 1. The van der Waals surface area contributed by atoms with Crippen LogP contribution in [0.4, 0.5) is 5.69 Å². The SMILES string of the molecule is C[C@@H](OC(=O)c1cccnc1Cl)C(=O)Nc1ccc(C(N)=O)cc1. The fourth-order valence-electron chi connectivity index (χ4n) is 1.78. The molecule has 1 heterocycles. The van der Waals surface area contributed by atoms with Crippen LogP contribution < -0.4 is 11.1 Å². The van der Waals surface area contributed by atoms with Gasteiger partial charge in [-0.2, -0.15) is 0 Å². The van der Waals surface area contributed by atoms with E-state index in [0.717, 1.165) is 0 Å². The first-order valence-corrected chi connectivity index (χ1v) is 7.28. The zero-order valence-electron chi connectivity index (χ0n) is 12.7. The van der Waals surface area contributed by atoms with Gasteiger partial charge in [-0.3, -0.25) is 9.59 Å². The van der Waals surface area contributed by atoms with Gasteiger partial charge in [0.05, 0.1) is 5.56 Å². The molecule has 2 aromatic rings. The molecule has 0 aliphatic carbocycles. The number of carbonyl (C=O) groups is 3. The molecule has 1 aromatic heterocycles. The Kier molecular flexibility index (Phi) is 5.49.